The highest BCUT2D eigenvalue weighted by molar-refractivity contribution is 7.22. The van der Waals surface area contributed by atoms with Crippen LogP contribution < -0.4 is 0 Å². The summed E-state index contributed by atoms with van der Waals surface area (Å²) in [7, 11) is 0. The normalized spacial score (nSPS) is 11.1. The second-order valence-electron chi connectivity index (χ2n) is 3.95. The summed E-state index contributed by atoms with van der Waals surface area (Å²) in [6, 6.07) is 8.03. The third kappa shape index (κ3) is 1.99. The Balaban J connectivity index is 2.19. The van der Waals surface area contributed by atoms with E-state index in [1.165, 1.54) is 6.33 Å². The molecule has 0 saturated heterocycles. The van der Waals surface area contributed by atoms with Crippen LogP contribution in [-0.2, 0) is 0 Å². The lowest BCUT2D eigenvalue weighted by molar-refractivity contribution is 1.23. The highest BCUT2D eigenvalue weighted by atomic mass is 35.5. The fraction of sp³-hybridized carbons (Fsp3) is 0.0769. The summed E-state index contributed by atoms with van der Waals surface area (Å²) < 4.78 is 0.908. The molecule has 0 N–H and O–H groups in total. The lowest BCUT2D eigenvalue weighted by atomic mass is 10.1. The Labute approximate surface area is 118 Å². The molecule has 18 heavy (non-hydrogen) atoms. The van der Waals surface area contributed by atoms with Gasteiger partial charge in [0.05, 0.1) is 10.2 Å². The molecule has 0 unspecified atom stereocenters. The van der Waals surface area contributed by atoms with Gasteiger partial charge >= 0.3 is 0 Å². The Bertz CT molecular complexity index is 737. The molecule has 0 bridgehead atoms. The van der Waals surface area contributed by atoms with E-state index < -0.39 is 0 Å². The topological polar surface area (TPSA) is 25.8 Å². The summed E-state index contributed by atoms with van der Waals surface area (Å²) in [6.07, 6.45) is 1.48. The van der Waals surface area contributed by atoms with Crippen molar-refractivity contribution in [1.82, 2.24) is 9.97 Å². The Morgan fingerprint density at radius 3 is 2.67 bits per heavy atom. The molecule has 3 rings (SSSR count). The first-order chi connectivity index (χ1) is 8.65. The summed E-state index contributed by atoms with van der Waals surface area (Å²) in [4.78, 5) is 9.29. The first-order valence-corrected chi connectivity index (χ1v) is 6.89. The van der Waals surface area contributed by atoms with Crippen LogP contribution in [0.4, 0.5) is 0 Å². The molecule has 0 aliphatic heterocycles. The van der Waals surface area contributed by atoms with Crippen LogP contribution in [0.2, 0.25) is 10.2 Å². The van der Waals surface area contributed by atoms with Gasteiger partial charge in [0.25, 0.3) is 0 Å². The molecule has 0 radical (unpaired) electrons. The monoisotopic (exact) mass is 294 g/mol. The number of fused-ring (bicyclic) bond motifs is 1. The highest BCUT2D eigenvalue weighted by Crippen LogP contribution is 2.36. The molecule has 5 heteroatoms. The summed E-state index contributed by atoms with van der Waals surface area (Å²) >= 11 is 13.8. The molecule has 90 valence electrons. The number of aryl methyl sites for hydroxylation is 1. The van der Waals surface area contributed by atoms with Gasteiger partial charge in [0, 0.05) is 9.90 Å². The third-order valence-electron chi connectivity index (χ3n) is 2.72. The maximum atomic E-state index is 6.14. The molecule has 1 aromatic carbocycles. The summed E-state index contributed by atoms with van der Waals surface area (Å²) in [6.45, 7) is 1.99. The van der Waals surface area contributed by atoms with Gasteiger partial charge in [-0.1, -0.05) is 35.3 Å². The van der Waals surface area contributed by atoms with Gasteiger partial charge in [-0.05, 0) is 30.2 Å². The van der Waals surface area contributed by atoms with E-state index in [4.69, 9.17) is 23.2 Å². The van der Waals surface area contributed by atoms with E-state index in [9.17, 15) is 0 Å². The van der Waals surface area contributed by atoms with Crippen molar-refractivity contribution < 1.29 is 0 Å². The van der Waals surface area contributed by atoms with Gasteiger partial charge in [-0.15, -0.1) is 11.3 Å². The van der Waals surface area contributed by atoms with Crippen molar-refractivity contribution in [3.05, 3.63) is 46.3 Å². The third-order valence-corrected chi connectivity index (χ3v) is 4.71. The van der Waals surface area contributed by atoms with Crippen molar-refractivity contribution in [3.63, 3.8) is 0 Å². The van der Waals surface area contributed by atoms with Gasteiger partial charge in [0.15, 0.2) is 0 Å². The van der Waals surface area contributed by atoms with Crippen molar-refractivity contribution in [1.29, 1.82) is 0 Å². The molecule has 0 aliphatic rings. The number of thiophene rings is 1. The highest BCUT2D eigenvalue weighted by Gasteiger charge is 2.09. The number of hydrogen-bond acceptors (Lipinski definition) is 3. The van der Waals surface area contributed by atoms with Gasteiger partial charge < -0.3 is 0 Å². The Morgan fingerprint density at radius 1 is 1.11 bits per heavy atom. The summed E-state index contributed by atoms with van der Waals surface area (Å²) in [5, 5.41) is 1.26. The number of rotatable bonds is 1. The van der Waals surface area contributed by atoms with Gasteiger partial charge in [0.2, 0.25) is 0 Å². The molecule has 0 aliphatic carbocycles. The molecule has 0 amide bonds. The second-order valence-corrected chi connectivity index (χ2v) is 5.77. The van der Waals surface area contributed by atoms with Crippen molar-refractivity contribution in [3.8, 4) is 10.4 Å². The predicted octanol–water partition coefficient (Wildman–Crippen LogP) is 4.97. The molecule has 3 aromatic rings. The lowest BCUT2D eigenvalue weighted by Crippen LogP contribution is -1.77. The van der Waals surface area contributed by atoms with E-state index in [1.54, 1.807) is 11.3 Å². The zero-order valence-corrected chi connectivity index (χ0v) is 11.8. The molecular formula is C13H8Cl2N2S. The van der Waals surface area contributed by atoms with Crippen LogP contribution in [0.15, 0.2) is 30.6 Å². The molecular weight excluding hydrogens is 287 g/mol. The number of nitrogens with zero attached hydrogens (tertiary/aromatic N) is 2. The minimum absolute atomic E-state index is 0.495. The van der Waals surface area contributed by atoms with E-state index in [1.807, 2.05) is 31.2 Å². The van der Waals surface area contributed by atoms with Crippen molar-refractivity contribution in [2.45, 2.75) is 6.92 Å². The van der Waals surface area contributed by atoms with Crippen molar-refractivity contribution in [2.75, 3.05) is 0 Å². The van der Waals surface area contributed by atoms with E-state index >= 15 is 0 Å². The van der Waals surface area contributed by atoms with E-state index in [0.717, 1.165) is 31.2 Å². The van der Waals surface area contributed by atoms with Crippen molar-refractivity contribution in [2.24, 2.45) is 0 Å². The van der Waals surface area contributed by atoms with Gasteiger partial charge in [-0.2, -0.15) is 0 Å². The predicted molar refractivity (Wildman–Crippen MR) is 77.6 cm³/mol. The summed E-state index contributed by atoms with van der Waals surface area (Å²) in [5.74, 6) is 0. The smallest absolute Gasteiger partial charge is 0.150 e. The molecule has 2 aromatic heterocycles. The number of hydrogen-bond donors (Lipinski definition) is 0. The number of benzene rings is 1. The largest absolute Gasteiger partial charge is 0.235 e. The summed E-state index contributed by atoms with van der Waals surface area (Å²) in [5.41, 5.74) is 3.01. The minimum Gasteiger partial charge on any atom is -0.235 e. The van der Waals surface area contributed by atoms with Crippen LogP contribution >= 0.6 is 34.5 Å². The first-order valence-electron chi connectivity index (χ1n) is 5.32. The van der Waals surface area contributed by atoms with Gasteiger partial charge in [0.1, 0.15) is 11.5 Å². The maximum absolute atomic E-state index is 6.14. The van der Waals surface area contributed by atoms with Crippen LogP contribution in [0.5, 0.6) is 0 Å². The average molecular weight is 295 g/mol. The zero-order chi connectivity index (χ0) is 12.7. The number of halogens is 2. The lowest BCUT2D eigenvalue weighted by Gasteiger charge is -2.00. The fourth-order valence-corrected chi connectivity index (χ4v) is 3.14. The molecule has 0 spiro atoms. The average Bonchev–Trinajstić information content (AvgIpc) is 2.78. The Kier molecular flexibility index (Phi) is 2.98. The molecule has 2 heterocycles. The van der Waals surface area contributed by atoms with Crippen LogP contribution in [-0.4, -0.2) is 9.97 Å². The van der Waals surface area contributed by atoms with Crippen LogP contribution in [0.25, 0.3) is 20.7 Å². The maximum Gasteiger partial charge on any atom is 0.150 e. The standard InChI is InChI=1S/C13H8Cl2N2S/c1-7-2-3-8(4-9(7)14)11-5-10-12(18-11)13(15)17-6-16-10/h2-6H,1H3. The molecule has 0 atom stereocenters. The zero-order valence-electron chi connectivity index (χ0n) is 9.45. The van der Waals surface area contributed by atoms with Crippen LogP contribution in [0.3, 0.4) is 0 Å². The SMILES string of the molecule is Cc1ccc(-c2cc3ncnc(Cl)c3s2)cc1Cl. The van der Waals surface area contributed by atoms with Gasteiger partial charge in [-0.3, -0.25) is 0 Å². The second kappa shape index (κ2) is 4.50. The Hall–Kier alpha value is -1.16. The molecule has 0 saturated carbocycles. The quantitative estimate of drug-likeness (QED) is 0.592. The van der Waals surface area contributed by atoms with E-state index in [-0.39, 0.29) is 0 Å². The Morgan fingerprint density at radius 2 is 1.94 bits per heavy atom. The van der Waals surface area contributed by atoms with E-state index in [0.29, 0.717) is 5.15 Å². The minimum atomic E-state index is 0.495. The van der Waals surface area contributed by atoms with Crippen molar-refractivity contribution >= 4 is 44.8 Å². The molecule has 0 fully saturated rings. The fourth-order valence-electron chi connectivity index (χ4n) is 1.71. The van der Waals surface area contributed by atoms with Crippen LogP contribution in [0, 0.1) is 6.92 Å². The van der Waals surface area contributed by atoms with Crippen LogP contribution in [0.1, 0.15) is 5.56 Å². The van der Waals surface area contributed by atoms with E-state index in [2.05, 4.69) is 9.97 Å². The molecule has 2 nitrogen and oxygen atoms in total. The van der Waals surface area contributed by atoms with Gasteiger partial charge in [-0.25, -0.2) is 9.97 Å². The number of aromatic nitrogens is 2. The first kappa shape index (κ1) is 11.9.